The SMILES string of the molecule is CCCC[C@H]1CC[C@H](c2ccc(-c3ccc([C@H]4CC[C@H](CCCCCCF)CC4)cc3)cc2F)CC1. The second kappa shape index (κ2) is 14.3. The monoisotopic (exact) mass is 494 g/mol. The number of rotatable bonds is 12. The Bertz CT molecular complexity index is 886. The summed E-state index contributed by atoms with van der Waals surface area (Å²) in [5.74, 6) is 2.75. The maximum atomic E-state index is 15.2. The van der Waals surface area contributed by atoms with Crippen LogP contribution in [0.3, 0.4) is 0 Å². The molecule has 2 fully saturated rings. The van der Waals surface area contributed by atoms with E-state index in [1.807, 2.05) is 0 Å². The van der Waals surface area contributed by atoms with Crippen LogP contribution < -0.4 is 0 Å². The molecule has 36 heavy (non-hydrogen) atoms. The molecule has 0 saturated heterocycles. The summed E-state index contributed by atoms with van der Waals surface area (Å²) in [7, 11) is 0. The van der Waals surface area contributed by atoms with E-state index in [-0.39, 0.29) is 12.5 Å². The third kappa shape index (κ3) is 7.65. The minimum Gasteiger partial charge on any atom is -0.251 e. The van der Waals surface area contributed by atoms with Gasteiger partial charge < -0.3 is 0 Å². The first-order valence-corrected chi connectivity index (χ1v) is 15.1. The summed E-state index contributed by atoms with van der Waals surface area (Å²) in [5, 5.41) is 0. The lowest BCUT2D eigenvalue weighted by Gasteiger charge is -2.29. The summed E-state index contributed by atoms with van der Waals surface area (Å²) < 4.78 is 27.4. The van der Waals surface area contributed by atoms with Crippen LogP contribution in [0.1, 0.15) is 133 Å². The summed E-state index contributed by atoms with van der Waals surface area (Å²) in [6.07, 6.45) is 19.5. The number of unbranched alkanes of at least 4 members (excludes halogenated alkanes) is 4. The Morgan fingerprint density at radius 1 is 0.639 bits per heavy atom. The molecule has 2 saturated carbocycles. The fraction of sp³-hybridized carbons (Fsp3) is 0.647. The average Bonchev–Trinajstić information content (AvgIpc) is 2.92. The van der Waals surface area contributed by atoms with Crippen molar-refractivity contribution in [1.29, 1.82) is 0 Å². The molecule has 0 aliphatic heterocycles. The standard InChI is InChI=1S/C34H48F2/c1-2-3-8-26-12-16-31(17-13-26)33-23-22-32(25-34(33)36)30-20-18-29(19-21-30)28-14-10-27(11-15-28)9-6-4-5-7-24-35/h18-23,25-28,31H,2-17,24H2,1H3/t26-,27-,28-,31-. The van der Waals surface area contributed by atoms with Crippen LogP contribution in [-0.4, -0.2) is 6.67 Å². The molecule has 2 aromatic rings. The van der Waals surface area contributed by atoms with Crippen molar-refractivity contribution in [2.75, 3.05) is 6.67 Å². The van der Waals surface area contributed by atoms with E-state index in [1.54, 1.807) is 6.07 Å². The maximum absolute atomic E-state index is 15.2. The van der Waals surface area contributed by atoms with Crippen LogP contribution >= 0.6 is 0 Å². The lowest BCUT2D eigenvalue weighted by Crippen LogP contribution is -2.14. The van der Waals surface area contributed by atoms with Gasteiger partial charge in [0.25, 0.3) is 0 Å². The van der Waals surface area contributed by atoms with Gasteiger partial charge in [0.05, 0.1) is 6.67 Å². The zero-order valence-corrected chi connectivity index (χ0v) is 22.6. The van der Waals surface area contributed by atoms with Gasteiger partial charge in [-0.1, -0.05) is 88.3 Å². The zero-order chi connectivity index (χ0) is 25.2. The first-order chi connectivity index (χ1) is 17.7. The molecule has 2 heteroatoms. The highest BCUT2D eigenvalue weighted by Gasteiger charge is 2.25. The third-order valence-corrected chi connectivity index (χ3v) is 9.31. The van der Waals surface area contributed by atoms with Crippen LogP contribution in [0.2, 0.25) is 0 Å². The summed E-state index contributed by atoms with van der Waals surface area (Å²) >= 11 is 0. The molecule has 0 N–H and O–H groups in total. The van der Waals surface area contributed by atoms with Crippen LogP contribution in [0, 0.1) is 17.7 Å². The molecular weight excluding hydrogens is 446 g/mol. The maximum Gasteiger partial charge on any atom is 0.127 e. The van der Waals surface area contributed by atoms with Gasteiger partial charge in [-0.2, -0.15) is 0 Å². The molecular formula is C34H48F2. The van der Waals surface area contributed by atoms with Crippen LogP contribution in [0.15, 0.2) is 42.5 Å². The van der Waals surface area contributed by atoms with Crippen molar-refractivity contribution in [2.24, 2.45) is 11.8 Å². The minimum atomic E-state index is -0.162. The molecule has 0 spiro atoms. The number of benzene rings is 2. The van der Waals surface area contributed by atoms with E-state index in [0.717, 1.165) is 54.2 Å². The molecule has 0 aromatic heterocycles. The number of hydrogen-bond donors (Lipinski definition) is 0. The molecule has 0 unspecified atom stereocenters. The van der Waals surface area contributed by atoms with E-state index < -0.39 is 0 Å². The highest BCUT2D eigenvalue weighted by atomic mass is 19.1. The summed E-state index contributed by atoms with van der Waals surface area (Å²) in [4.78, 5) is 0. The van der Waals surface area contributed by atoms with Gasteiger partial charge >= 0.3 is 0 Å². The van der Waals surface area contributed by atoms with Gasteiger partial charge in [-0.25, -0.2) is 4.39 Å². The van der Waals surface area contributed by atoms with Gasteiger partial charge in [0, 0.05) is 0 Å². The van der Waals surface area contributed by atoms with E-state index in [1.165, 1.54) is 82.6 Å². The van der Waals surface area contributed by atoms with Crippen LogP contribution in [-0.2, 0) is 0 Å². The van der Waals surface area contributed by atoms with Crippen molar-refractivity contribution in [1.82, 2.24) is 0 Å². The molecule has 198 valence electrons. The number of hydrogen-bond acceptors (Lipinski definition) is 0. The topological polar surface area (TPSA) is 0 Å². The predicted octanol–water partition coefficient (Wildman–Crippen LogP) is 11.2. The fourth-order valence-corrected chi connectivity index (χ4v) is 6.91. The first kappa shape index (κ1) is 27.3. The largest absolute Gasteiger partial charge is 0.251 e. The van der Waals surface area contributed by atoms with Crippen molar-refractivity contribution in [3.63, 3.8) is 0 Å². The Morgan fingerprint density at radius 3 is 1.83 bits per heavy atom. The van der Waals surface area contributed by atoms with Crippen LogP contribution in [0.5, 0.6) is 0 Å². The lowest BCUT2D eigenvalue weighted by atomic mass is 9.76. The molecule has 0 atom stereocenters. The van der Waals surface area contributed by atoms with E-state index in [2.05, 4.69) is 43.3 Å². The van der Waals surface area contributed by atoms with Crippen LogP contribution in [0.4, 0.5) is 8.78 Å². The van der Waals surface area contributed by atoms with Gasteiger partial charge in [-0.3, -0.25) is 4.39 Å². The van der Waals surface area contributed by atoms with Gasteiger partial charge in [-0.15, -0.1) is 0 Å². The molecule has 2 aliphatic rings. The highest BCUT2D eigenvalue weighted by Crippen LogP contribution is 2.40. The third-order valence-electron chi connectivity index (χ3n) is 9.31. The summed E-state index contributed by atoms with van der Waals surface area (Å²) in [6, 6.07) is 14.9. The minimum absolute atomic E-state index is 0.0170. The number of alkyl halides is 1. The van der Waals surface area contributed by atoms with Gasteiger partial charge in [0.1, 0.15) is 5.82 Å². The lowest BCUT2D eigenvalue weighted by molar-refractivity contribution is 0.301. The predicted molar refractivity (Wildman–Crippen MR) is 150 cm³/mol. The molecule has 2 aliphatic carbocycles. The second-order valence-electron chi connectivity index (χ2n) is 11.8. The number of halogens is 2. The van der Waals surface area contributed by atoms with Crippen molar-refractivity contribution in [2.45, 2.75) is 121 Å². The Kier molecular flexibility index (Phi) is 10.9. The fourth-order valence-electron chi connectivity index (χ4n) is 6.91. The first-order valence-electron chi connectivity index (χ1n) is 15.1. The van der Waals surface area contributed by atoms with Gasteiger partial charge in [0.2, 0.25) is 0 Å². The van der Waals surface area contributed by atoms with Gasteiger partial charge in [-0.05, 0) is 110 Å². The van der Waals surface area contributed by atoms with Crippen molar-refractivity contribution < 1.29 is 8.78 Å². The smallest absolute Gasteiger partial charge is 0.127 e. The van der Waals surface area contributed by atoms with E-state index in [0.29, 0.717) is 11.8 Å². The molecule has 0 nitrogen and oxygen atoms in total. The van der Waals surface area contributed by atoms with Crippen molar-refractivity contribution in [3.05, 3.63) is 59.4 Å². The molecule has 0 radical (unpaired) electrons. The Balaban J connectivity index is 1.27. The van der Waals surface area contributed by atoms with E-state index in [9.17, 15) is 4.39 Å². The van der Waals surface area contributed by atoms with E-state index >= 15 is 4.39 Å². The Labute approximate surface area is 219 Å². The molecule has 2 aromatic carbocycles. The molecule has 0 bridgehead atoms. The zero-order valence-electron chi connectivity index (χ0n) is 22.6. The van der Waals surface area contributed by atoms with Crippen molar-refractivity contribution in [3.8, 4) is 11.1 Å². The average molecular weight is 495 g/mol. The van der Waals surface area contributed by atoms with Crippen molar-refractivity contribution >= 4 is 0 Å². The summed E-state index contributed by atoms with van der Waals surface area (Å²) in [5.41, 5.74) is 4.49. The second-order valence-corrected chi connectivity index (χ2v) is 11.8. The molecule has 0 amide bonds. The highest BCUT2D eigenvalue weighted by molar-refractivity contribution is 5.64. The summed E-state index contributed by atoms with van der Waals surface area (Å²) in [6.45, 7) is 2.11. The Hall–Kier alpha value is -1.70. The normalized spacial score (nSPS) is 24.6. The van der Waals surface area contributed by atoms with E-state index in [4.69, 9.17) is 0 Å². The molecule has 0 heterocycles. The quantitative estimate of drug-likeness (QED) is 0.257. The molecule has 4 rings (SSSR count). The van der Waals surface area contributed by atoms with Gasteiger partial charge in [0.15, 0.2) is 0 Å². The Morgan fingerprint density at radius 2 is 1.22 bits per heavy atom. The van der Waals surface area contributed by atoms with Crippen LogP contribution in [0.25, 0.3) is 11.1 Å².